The van der Waals surface area contributed by atoms with E-state index < -0.39 is 0 Å². The van der Waals surface area contributed by atoms with E-state index in [1.807, 2.05) is 18.2 Å². The lowest BCUT2D eigenvalue weighted by atomic mass is 10.1. The third-order valence-corrected chi connectivity index (χ3v) is 5.10. The molecule has 0 amide bonds. The summed E-state index contributed by atoms with van der Waals surface area (Å²) in [5.41, 5.74) is 4.03. The molecule has 0 atom stereocenters. The summed E-state index contributed by atoms with van der Waals surface area (Å²) in [6, 6.07) is 12.5. The third kappa shape index (κ3) is 2.17. The van der Waals surface area contributed by atoms with Gasteiger partial charge in [0.25, 0.3) is 0 Å². The van der Waals surface area contributed by atoms with Crippen molar-refractivity contribution in [2.24, 2.45) is 0 Å². The van der Waals surface area contributed by atoms with Gasteiger partial charge in [0, 0.05) is 30.2 Å². The van der Waals surface area contributed by atoms with Gasteiger partial charge >= 0.3 is 0 Å². The highest BCUT2D eigenvalue weighted by Gasteiger charge is 2.20. The minimum atomic E-state index is 0.693. The quantitative estimate of drug-likeness (QED) is 0.685. The van der Waals surface area contributed by atoms with E-state index in [0.29, 0.717) is 5.70 Å². The van der Waals surface area contributed by atoms with E-state index in [-0.39, 0.29) is 0 Å². The number of aromatic nitrogens is 1. The lowest BCUT2D eigenvalue weighted by Gasteiger charge is -2.17. The molecule has 1 aromatic carbocycles. The van der Waals surface area contributed by atoms with E-state index in [1.165, 1.54) is 11.1 Å². The zero-order chi connectivity index (χ0) is 14.9. The maximum atomic E-state index is 11.5. The molecule has 110 valence electrons. The van der Waals surface area contributed by atoms with Crippen LogP contribution in [0.1, 0.15) is 18.5 Å². The summed E-state index contributed by atoms with van der Waals surface area (Å²) in [6.07, 6.45) is 4.42. The van der Waals surface area contributed by atoms with Crippen LogP contribution in [0.2, 0.25) is 0 Å². The van der Waals surface area contributed by atoms with Crippen molar-refractivity contribution < 1.29 is 4.79 Å². The Morgan fingerprint density at radius 1 is 1.09 bits per heavy atom. The molecule has 2 aromatic heterocycles. The van der Waals surface area contributed by atoms with Crippen LogP contribution < -0.4 is 0 Å². The van der Waals surface area contributed by atoms with Gasteiger partial charge in [-0.15, -0.1) is 11.3 Å². The molecule has 0 N–H and O–H groups in total. The molecule has 0 radical (unpaired) electrons. The summed E-state index contributed by atoms with van der Waals surface area (Å²) >= 11 is 1.67. The molecule has 3 aromatic rings. The average Bonchev–Trinajstić information content (AvgIpc) is 3.27. The van der Waals surface area contributed by atoms with Crippen LogP contribution >= 0.6 is 11.3 Å². The van der Waals surface area contributed by atoms with Crippen molar-refractivity contribution >= 4 is 27.8 Å². The molecule has 0 unspecified atom stereocenters. The van der Waals surface area contributed by atoms with E-state index in [4.69, 9.17) is 0 Å². The van der Waals surface area contributed by atoms with Crippen molar-refractivity contribution in [3.05, 3.63) is 53.7 Å². The molecule has 4 rings (SSSR count). The van der Waals surface area contributed by atoms with Gasteiger partial charge in [-0.2, -0.15) is 0 Å². The van der Waals surface area contributed by atoms with Crippen molar-refractivity contribution in [3.8, 4) is 11.1 Å². The molecule has 22 heavy (non-hydrogen) atoms. The largest absolute Gasteiger partial charge is 0.361 e. The van der Waals surface area contributed by atoms with Crippen molar-refractivity contribution in [1.82, 2.24) is 9.30 Å². The fourth-order valence-corrected chi connectivity index (χ4v) is 3.99. The molecule has 0 spiro atoms. The summed E-state index contributed by atoms with van der Waals surface area (Å²) < 4.78 is 2.12. The Hall–Kier alpha value is -2.29. The van der Waals surface area contributed by atoms with Gasteiger partial charge in [0.05, 0.1) is 5.69 Å². The summed E-state index contributed by atoms with van der Waals surface area (Å²) in [4.78, 5) is 14.8. The van der Waals surface area contributed by atoms with E-state index >= 15 is 0 Å². The number of thiazole rings is 1. The lowest BCUT2D eigenvalue weighted by Crippen LogP contribution is -2.18. The molecule has 1 saturated heterocycles. The molecule has 3 heterocycles. The second kappa shape index (κ2) is 5.48. The standard InChI is InChI=1S/C18H16N2OS/c21-12-16(19-8-4-5-9-19)17-13-22-18-10-15(11-20(17)18)14-6-2-1-3-7-14/h1-3,6-7,10-11,13H,4-5,8-9H2. The molecule has 0 aliphatic carbocycles. The van der Waals surface area contributed by atoms with Crippen molar-refractivity contribution in [1.29, 1.82) is 0 Å². The molecule has 0 bridgehead atoms. The lowest BCUT2D eigenvalue weighted by molar-refractivity contribution is 0.487. The van der Waals surface area contributed by atoms with Crippen LogP contribution in [-0.2, 0) is 4.79 Å². The molecule has 4 heteroatoms. The summed E-state index contributed by atoms with van der Waals surface area (Å²) in [7, 11) is 0. The number of carbonyl (C=O) groups excluding carboxylic acids is 1. The fourth-order valence-electron chi connectivity index (χ4n) is 3.07. The Morgan fingerprint density at radius 3 is 2.59 bits per heavy atom. The predicted molar refractivity (Wildman–Crippen MR) is 90.6 cm³/mol. The Bertz CT molecular complexity index is 850. The molecule has 1 fully saturated rings. The van der Waals surface area contributed by atoms with Crippen LogP contribution in [-0.4, -0.2) is 28.3 Å². The smallest absolute Gasteiger partial charge is 0.152 e. The monoisotopic (exact) mass is 308 g/mol. The van der Waals surface area contributed by atoms with Gasteiger partial charge in [-0.05, 0) is 24.5 Å². The van der Waals surface area contributed by atoms with Crippen LogP contribution in [0, 0.1) is 0 Å². The van der Waals surface area contributed by atoms with E-state index in [2.05, 4.69) is 45.0 Å². The first-order valence-electron chi connectivity index (χ1n) is 7.52. The topological polar surface area (TPSA) is 24.7 Å². The van der Waals surface area contributed by atoms with Crippen LogP contribution in [0.15, 0.2) is 48.0 Å². The minimum Gasteiger partial charge on any atom is -0.361 e. The van der Waals surface area contributed by atoms with Crippen molar-refractivity contribution in [3.63, 3.8) is 0 Å². The zero-order valence-electron chi connectivity index (χ0n) is 12.2. The van der Waals surface area contributed by atoms with E-state index in [1.54, 1.807) is 11.3 Å². The highest BCUT2D eigenvalue weighted by molar-refractivity contribution is 7.15. The van der Waals surface area contributed by atoms with Gasteiger partial charge in [0.2, 0.25) is 0 Å². The van der Waals surface area contributed by atoms with Crippen LogP contribution in [0.5, 0.6) is 0 Å². The first-order chi connectivity index (χ1) is 10.9. The minimum absolute atomic E-state index is 0.693. The SMILES string of the molecule is O=C=C(c1csc2cc(-c3ccccc3)cn12)N1CCCC1. The van der Waals surface area contributed by atoms with Crippen LogP contribution in [0.25, 0.3) is 21.7 Å². The summed E-state index contributed by atoms with van der Waals surface area (Å²) in [5.74, 6) is 2.17. The van der Waals surface area contributed by atoms with Crippen LogP contribution in [0.3, 0.4) is 0 Å². The van der Waals surface area contributed by atoms with Gasteiger partial charge in [0.15, 0.2) is 5.94 Å². The number of nitrogens with zero attached hydrogens (tertiary/aromatic N) is 2. The first kappa shape index (κ1) is 13.4. The molecular weight excluding hydrogens is 292 g/mol. The Morgan fingerprint density at radius 2 is 1.86 bits per heavy atom. The average molecular weight is 308 g/mol. The van der Waals surface area contributed by atoms with Gasteiger partial charge in [-0.1, -0.05) is 30.3 Å². The van der Waals surface area contributed by atoms with Crippen molar-refractivity contribution in [2.45, 2.75) is 12.8 Å². The number of rotatable bonds is 3. The first-order valence-corrected chi connectivity index (χ1v) is 8.40. The second-order valence-electron chi connectivity index (χ2n) is 5.57. The van der Waals surface area contributed by atoms with Gasteiger partial charge in [-0.3, -0.25) is 0 Å². The maximum absolute atomic E-state index is 11.5. The highest BCUT2D eigenvalue weighted by atomic mass is 32.1. The number of hydrogen-bond acceptors (Lipinski definition) is 3. The van der Waals surface area contributed by atoms with Crippen LogP contribution in [0.4, 0.5) is 0 Å². The Kier molecular flexibility index (Phi) is 3.34. The molecule has 3 nitrogen and oxygen atoms in total. The van der Waals surface area contributed by atoms with Gasteiger partial charge < -0.3 is 9.30 Å². The fraction of sp³-hybridized carbons (Fsp3) is 0.222. The summed E-state index contributed by atoms with van der Waals surface area (Å²) in [5, 5.41) is 2.06. The normalized spacial score (nSPS) is 14.5. The number of benzene rings is 1. The zero-order valence-corrected chi connectivity index (χ0v) is 13.0. The van der Waals surface area contributed by atoms with Crippen molar-refractivity contribution in [2.75, 3.05) is 13.1 Å². The molecule has 1 aliphatic rings. The van der Waals surface area contributed by atoms with E-state index in [0.717, 1.165) is 36.5 Å². The third-order valence-electron chi connectivity index (χ3n) is 4.20. The number of hydrogen-bond donors (Lipinski definition) is 0. The Labute approximate surface area is 133 Å². The Balaban J connectivity index is 1.79. The number of likely N-dealkylation sites (tertiary alicyclic amines) is 1. The molecule has 1 aliphatic heterocycles. The number of fused-ring (bicyclic) bond motifs is 1. The molecular formula is C18H16N2OS. The van der Waals surface area contributed by atoms with Gasteiger partial charge in [0.1, 0.15) is 10.5 Å². The second-order valence-corrected chi connectivity index (χ2v) is 6.46. The highest BCUT2D eigenvalue weighted by Crippen LogP contribution is 2.31. The predicted octanol–water partition coefficient (Wildman–Crippen LogP) is 3.94. The maximum Gasteiger partial charge on any atom is 0.152 e. The summed E-state index contributed by atoms with van der Waals surface area (Å²) in [6.45, 7) is 1.91. The molecule has 0 saturated carbocycles. The van der Waals surface area contributed by atoms with Gasteiger partial charge in [-0.25, -0.2) is 4.79 Å². The van der Waals surface area contributed by atoms with E-state index in [9.17, 15) is 4.79 Å².